The van der Waals surface area contributed by atoms with Crippen LogP contribution in [0.5, 0.6) is 0 Å². The third-order valence-electron chi connectivity index (χ3n) is 5.02. The number of aromatic nitrogens is 1. The molecule has 3 amide bonds. The van der Waals surface area contributed by atoms with Gasteiger partial charge in [-0.1, -0.05) is 0 Å². The summed E-state index contributed by atoms with van der Waals surface area (Å²) in [6.45, 7) is 2.88. The average molecular weight is 329 g/mol. The van der Waals surface area contributed by atoms with Crippen molar-refractivity contribution in [2.75, 3.05) is 31.5 Å². The topological polar surface area (TPSA) is 77.6 Å². The van der Waals surface area contributed by atoms with Crippen LogP contribution in [0.4, 0.5) is 10.6 Å². The molecule has 1 aromatic heterocycles. The number of rotatable bonds is 4. The fourth-order valence-electron chi connectivity index (χ4n) is 3.44. The number of hydrogen-bond donors (Lipinski definition) is 2. The van der Waals surface area contributed by atoms with Crippen LogP contribution in [0, 0.1) is 0 Å². The first-order chi connectivity index (χ1) is 11.7. The number of likely N-dealkylation sites (tertiary alicyclic amines) is 1. The van der Waals surface area contributed by atoms with Crippen molar-refractivity contribution in [2.45, 2.75) is 37.8 Å². The van der Waals surface area contributed by atoms with Crippen molar-refractivity contribution < 1.29 is 9.59 Å². The first-order valence-corrected chi connectivity index (χ1v) is 8.77. The molecule has 3 fully saturated rings. The normalized spacial score (nSPS) is 21.8. The van der Waals surface area contributed by atoms with E-state index in [-0.39, 0.29) is 18.0 Å². The van der Waals surface area contributed by atoms with Gasteiger partial charge in [-0.3, -0.25) is 4.79 Å². The Morgan fingerprint density at radius 2 is 1.96 bits per heavy atom. The highest BCUT2D eigenvalue weighted by Crippen LogP contribution is 2.24. The Balaban J connectivity index is 1.33. The molecule has 1 aromatic rings. The zero-order chi connectivity index (χ0) is 16.5. The molecule has 7 nitrogen and oxygen atoms in total. The number of nitrogens with one attached hydrogen (secondary N) is 2. The van der Waals surface area contributed by atoms with Gasteiger partial charge in [0.2, 0.25) is 0 Å². The van der Waals surface area contributed by atoms with Crippen LogP contribution >= 0.6 is 0 Å². The molecule has 7 heteroatoms. The highest BCUT2D eigenvalue weighted by atomic mass is 16.2. The monoisotopic (exact) mass is 329 g/mol. The van der Waals surface area contributed by atoms with Gasteiger partial charge in [-0.25, -0.2) is 9.78 Å². The minimum absolute atomic E-state index is 0.0303. The molecule has 0 spiro atoms. The maximum Gasteiger partial charge on any atom is 0.317 e. The van der Waals surface area contributed by atoms with Crippen LogP contribution in [0.2, 0.25) is 0 Å². The third-order valence-corrected chi connectivity index (χ3v) is 5.02. The van der Waals surface area contributed by atoms with Gasteiger partial charge < -0.3 is 20.4 Å². The van der Waals surface area contributed by atoms with Crippen molar-refractivity contribution in [3.63, 3.8) is 0 Å². The van der Waals surface area contributed by atoms with Gasteiger partial charge in [0.1, 0.15) is 5.82 Å². The van der Waals surface area contributed by atoms with E-state index in [4.69, 9.17) is 0 Å². The zero-order valence-electron chi connectivity index (χ0n) is 13.7. The molecular weight excluding hydrogens is 306 g/mol. The Hall–Kier alpha value is -2.31. The van der Waals surface area contributed by atoms with Crippen LogP contribution in [0.1, 0.15) is 36.0 Å². The van der Waals surface area contributed by atoms with E-state index < -0.39 is 0 Å². The van der Waals surface area contributed by atoms with Crippen LogP contribution in [-0.2, 0) is 0 Å². The second-order valence-corrected chi connectivity index (χ2v) is 6.80. The number of nitrogens with zero attached hydrogens (tertiary/aromatic N) is 3. The highest BCUT2D eigenvalue weighted by molar-refractivity contribution is 5.94. The molecule has 2 aliphatic heterocycles. The Labute approximate surface area is 141 Å². The molecule has 2 N–H and O–H groups in total. The number of hydrogen-bond acceptors (Lipinski definition) is 4. The summed E-state index contributed by atoms with van der Waals surface area (Å²) in [5.74, 6) is 0.873. The molecule has 1 saturated carbocycles. The molecule has 128 valence electrons. The molecule has 1 aliphatic carbocycles. The molecule has 4 rings (SSSR count). The predicted octanol–water partition coefficient (Wildman–Crippen LogP) is 1.29. The van der Waals surface area contributed by atoms with Gasteiger partial charge in [0.25, 0.3) is 5.91 Å². The third kappa shape index (κ3) is 3.16. The fourth-order valence-corrected chi connectivity index (χ4v) is 3.44. The number of carbonyl (C=O) groups is 2. The zero-order valence-corrected chi connectivity index (χ0v) is 13.7. The Bertz CT molecular complexity index is 620. The fraction of sp³-hybridized carbons (Fsp3) is 0.588. The van der Waals surface area contributed by atoms with E-state index in [2.05, 4.69) is 15.6 Å². The Morgan fingerprint density at radius 1 is 1.17 bits per heavy atom. The molecule has 0 radical (unpaired) electrons. The van der Waals surface area contributed by atoms with E-state index in [1.54, 1.807) is 6.20 Å². The van der Waals surface area contributed by atoms with E-state index >= 15 is 0 Å². The molecular formula is C17H23N5O2. The first-order valence-electron chi connectivity index (χ1n) is 8.77. The number of urea groups is 1. The number of anilines is 1. The van der Waals surface area contributed by atoms with E-state index in [0.29, 0.717) is 24.7 Å². The van der Waals surface area contributed by atoms with Gasteiger partial charge in [0, 0.05) is 44.5 Å². The maximum atomic E-state index is 12.6. The molecule has 3 heterocycles. The second-order valence-electron chi connectivity index (χ2n) is 6.80. The Kier molecular flexibility index (Phi) is 4.00. The first kappa shape index (κ1) is 15.2. The second kappa shape index (κ2) is 6.30. The van der Waals surface area contributed by atoms with E-state index in [1.807, 2.05) is 21.9 Å². The lowest BCUT2D eigenvalue weighted by atomic mass is 10.0. The maximum absolute atomic E-state index is 12.6. The standard InChI is InChI=1S/C17H23N5O2/c23-16(12-1-4-15(19-11-12)20-13-2-3-13)21-8-5-14(6-9-21)22-10-7-18-17(22)24/h1,4,11,13-14H,2-3,5-10H2,(H,18,24)(H,19,20). The van der Waals surface area contributed by atoms with E-state index in [1.165, 1.54) is 12.8 Å². The summed E-state index contributed by atoms with van der Waals surface area (Å²) in [5, 5.41) is 6.17. The van der Waals surface area contributed by atoms with Crippen molar-refractivity contribution in [3.8, 4) is 0 Å². The summed E-state index contributed by atoms with van der Waals surface area (Å²) in [6.07, 6.45) is 5.74. The summed E-state index contributed by atoms with van der Waals surface area (Å²) in [5.41, 5.74) is 0.633. The van der Waals surface area contributed by atoms with E-state index in [0.717, 1.165) is 31.7 Å². The number of pyridine rings is 1. The molecule has 0 atom stereocenters. The molecule has 0 aromatic carbocycles. The van der Waals surface area contributed by atoms with Gasteiger partial charge in [-0.2, -0.15) is 0 Å². The lowest BCUT2D eigenvalue weighted by Gasteiger charge is -2.36. The van der Waals surface area contributed by atoms with Crippen LogP contribution < -0.4 is 10.6 Å². The van der Waals surface area contributed by atoms with Crippen molar-refractivity contribution in [2.24, 2.45) is 0 Å². The number of carbonyl (C=O) groups excluding carboxylic acids is 2. The molecule has 2 saturated heterocycles. The SMILES string of the molecule is O=C(c1ccc(NC2CC2)nc1)N1CCC(N2CCNC2=O)CC1. The summed E-state index contributed by atoms with van der Waals surface area (Å²) < 4.78 is 0. The lowest BCUT2D eigenvalue weighted by Crippen LogP contribution is -2.47. The molecule has 0 unspecified atom stereocenters. The summed E-state index contributed by atoms with van der Waals surface area (Å²) >= 11 is 0. The summed E-state index contributed by atoms with van der Waals surface area (Å²) in [6, 6.07) is 4.57. The van der Waals surface area contributed by atoms with Crippen molar-refractivity contribution in [3.05, 3.63) is 23.9 Å². The van der Waals surface area contributed by atoms with E-state index in [9.17, 15) is 9.59 Å². The van der Waals surface area contributed by atoms with Crippen LogP contribution in [-0.4, -0.2) is 65.0 Å². The van der Waals surface area contributed by atoms with Crippen LogP contribution in [0.3, 0.4) is 0 Å². The van der Waals surface area contributed by atoms with Gasteiger partial charge in [-0.05, 0) is 37.8 Å². The molecule has 0 bridgehead atoms. The van der Waals surface area contributed by atoms with Gasteiger partial charge in [0.05, 0.1) is 5.56 Å². The van der Waals surface area contributed by atoms with Crippen molar-refractivity contribution in [1.29, 1.82) is 0 Å². The van der Waals surface area contributed by atoms with Gasteiger partial charge in [-0.15, -0.1) is 0 Å². The minimum atomic E-state index is 0.0303. The lowest BCUT2D eigenvalue weighted by molar-refractivity contribution is 0.0666. The predicted molar refractivity (Wildman–Crippen MR) is 89.9 cm³/mol. The molecule has 3 aliphatic rings. The van der Waals surface area contributed by atoms with Gasteiger partial charge in [0.15, 0.2) is 0 Å². The van der Waals surface area contributed by atoms with Crippen molar-refractivity contribution in [1.82, 2.24) is 20.1 Å². The quantitative estimate of drug-likeness (QED) is 0.872. The largest absolute Gasteiger partial charge is 0.367 e. The summed E-state index contributed by atoms with van der Waals surface area (Å²) in [7, 11) is 0. The van der Waals surface area contributed by atoms with Gasteiger partial charge >= 0.3 is 6.03 Å². The van der Waals surface area contributed by atoms with Crippen LogP contribution in [0.15, 0.2) is 18.3 Å². The Morgan fingerprint density at radius 3 is 2.54 bits per heavy atom. The average Bonchev–Trinajstić information content (AvgIpc) is 3.33. The number of amides is 3. The minimum Gasteiger partial charge on any atom is -0.367 e. The smallest absolute Gasteiger partial charge is 0.317 e. The van der Waals surface area contributed by atoms with Crippen LogP contribution in [0.25, 0.3) is 0 Å². The number of piperidine rings is 1. The van der Waals surface area contributed by atoms with Crippen molar-refractivity contribution >= 4 is 17.8 Å². The summed E-state index contributed by atoms with van der Waals surface area (Å²) in [4.78, 5) is 32.5. The highest BCUT2D eigenvalue weighted by Gasteiger charge is 2.32. The molecule has 24 heavy (non-hydrogen) atoms.